The minimum absolute atomic E-state index is 0.106. The number of hydrogen-bond donors (Lipinski definition) is 1. The van der Waals surface area contributed by atoms with Gasteiger partial charge in [0.25, 0.3) is 0 Å². The largest absolute Gasteiger partial charge is 0.370 e. The van der Waals surface area contributed by atoms with Gasteiger partial charge in [0.1, 0.15) is 0 Å². The highest BCUT2D eigenvalue weighted by molar-refractivity contribution is 5.75. The Morgan fingerprint density at radius 1 is 1.33 bits per heavy atom. The van der Waals surface area contributed by atoms with Crippen molar-refractivity contribution in [2.24, 2.45) is 5.73 Å². The van der Waals surface area contributed by atoms with Crippen LogP contribution >= 0.6 is 0 Å². The number of carbonyl (C=O) groups is 1. The summed E-state index contributed by atoms with van der Waals surface area (Å²) in [4.78, 5) is 13.5. The van der Waals surface area contributed by atoms with E-state index in [-0.39, 0.29) is 11.4 Å². The fourth-order valence-corrected chi connectivity index (χ4v) is 3.13. The summed E-state index contributed by atoms with van der Waals surface area (Å²) in [5.74, 6) is -0.204. The van der Waals surface area contributed by atoms with Crippen molar-refractivity contribution in [2.45, 2.75) is 71.0 Å². The van der Waals surface area contributed by atoms with Crippen molar-refractivity contribution in [3.63, 3.8) is 0 Å². The first-order valence-corrected chi connectivity index (χ1v) is 5.91. The van der Waals surface area contributed by atoms with Gasteiger partial charge in [0, 0.05) is 24.0 Å². The third-order valence-electron chi connectivity index (χ3n) is 3.50. The van der Waals surface area contributed by atoms with Gasteiger partial charge in [-0.25, -0.2) is 0 Å². The molecule has 1 rings (SSSR count). The van der Waals surface area contributed by atoms with Crippen LogP contribution in [-0.2, 0) is 4.79 Å². The molecule has 3 heteroatoms. The molecule has 0 aliphatic carbocycles. The average Bonchev–Trinajstić information content (AvgIpc) is 1.99. The van der Waals surface area contributed by atoms with Crippen LogP contribution in [0.3, 0.4) is 0 Å². The van der Waals surface area contributed by atoms with Gasteiger partial charge in [-0.2, -0.15) is 0 Å². The molecule has 0 saturated carbocycles. The van der Waals surface area contributed by atoms with E-state index in [4.69, 9.17) is 5.73 Å². The summed E-state index contributed by atoms with van der Waals surface area (Å²) < 4.78 is 0. The molecule has 0 aromatic heterocycles. The fourth-order valence-electron chi connectivity index (χ4n) is 3.13. The number of hydrogen-bond acceptors (Lipinski definition) is 2. The van der Waals surface area contributed by atoms with Gasteiger partial charge in [-0.15, -0.1) is 0 Å². The zero-order chi connectivity index (χ0) is 11.6. The summed E-state index contributed by atoms with van der Waals surface area (Å²) in [6, 6.07) is 1.12. The molecular formula is C12H24N2O. The molecule has 2 atom stereocenters. The predicted molar refractivity (Wildman–Crippen MR) is 62.5 cm³/mol. The SMILES string of the molecule is CC1CCCC(C)N1C(C)(C)CC(N)=O. The van der Waals surface area contributed by atoms with Gasteiger partial charge in [-0.1, -0.05) is 6.42 Å². The zero-order valence-corrected chi connectivity index (χ0v) is 10.4. The summed E-state index contributed by atoms with van der Waals surface area (Å²) in [6.45, 7) is 8.74. The maximum Gasteiger partial charge on any atom is 0.219 e. The highest BCUT2D eigenvalue weighted by atomic mass is 16.1. The van der Waals surface area contributed by atoms with Crippen LogP contribution in [0.25, 0.3) is 0 Å². The average molecular weight is 212 g/mol. The van der Waals surface area contributed by atoms with Gasteiger partial charge in [-0.3, -0.25) is 9.69 Å². The van der Waals surface area contributed by atoms with Gasteiger partial charge in [0.15, 0.2) is 0 Å². The number of nitrogens with two attached hydrogens (primary N) is 1. The van der Waals surface area contributed by atoms with Gasteiger partial charge in [0.2, 0.25) is 5.91 Å². The monoisotopic (exact) mass is 212 g/mol. The molecular weight excluding hydrogens is 188 g/mol. The quantitative estimate of drug-likeness (QED) is 0.776. The molecule has 2 unspecified atom stereocenters. The summed E-state index contributed by atoms with van der Waals surface area (Å²) >= 11 is 0. The van der Waals surface area contributed by atoms with E-state index in [1.165, 1.54) is 19.3 Å². The maximum atomic E-state index is 11.1. The Morgan fingerprint density at radius 3 is 2.20 bits per heavy atom. The molecule has 0 bridgehead atoms. The van der Waals surface area contributed by atoms with E-state index in [0.717, 1.165) is 0 Å². The minimum Gasteiger partial charge on any atom is -0.370 e. The number of nitrogens with zero attached hydrogens (tertiary/aromatic N) is 1. The van der Waals surface area contributed by atoms with Crippen LogP contribution in [0.4, 0.5) is 0 Å². The van der Waals surface area contributed by atoms with Crippen molar-refractivity contribution >= 4 is 5.91 Å². The molecule has 0 spiro atoms. The number of rotatable bonds is 3. The van der Waals surface area contributed by atoms with E-state index in [9.17, 15) is 4.79 Å². The molecule has 1 saturated heterocycles. The molecule has 15 heavy (non-hydrogen) atoms. The molecule has 3 nitrogen and oxygen atoms in total. The summed E-state index contributed by atoms with van der Waals surface area (Å²) in [6.07, 6.45) is 4.20. The van der Waals surface area contributed by atoms with E-state index in [1.807, 2.05) is 0 Å². The maximum absolute atomic E-state index is 11.1. The Morgan fingerprint density at radius 2 is 1.80 bits per heavy atom. The molecule has 1 fully saturated rings. The van der Waals surface area contributed by atoms with Crippen molar-refractivity contribution in [2.75, 3.05) is 0 Å². The summed E-state index contributed by atoms with van der Waals surface area (Å²) in [5.41, 5.74) is 5.20. The van der Waals surface area contributed by atoms with E-state index in [1.54, 1.807) is 0 Å². The second-order valence-corrected chi connectivity index (χ2v) is 5.49. The lowest BCUT2D eigenvalue weighted by Gasteiger charge is -2.49. The molecule has 0 radical (unpaired) electrons. The van der Waals surface area contributed by atoms with Crippen molar-refractivity contribution in [3.8, 4) is 0 Å². The highest BCUT2D eigenvalue weighted by Crippen LogP contribution is 2.31. The number of piperidine rings is 1. The normalized spacial score (nSPS) is 29.1. The second kappa shape index (κ2) is 4.52. The zero-order valence-electron chi connectivity index (χ0n) is 10.4. The Hall–Kier alpha value is -0.570. The standard InChI is InChI=1S/C12H24N2O/c1-9-6-5-7-10(2)14(9)12(3,4)8-11(13)15/h9-10H,5-8H2,1-4H3,(H2,13,15). The van der Waals surface area contributed by atoms with Crippen LogP contribution in [0.5, 0.6) is 0 Å². The topological polar surface area (TPSA) is 46.3 Å². The van der Waals surface area contributed by atoms with E-state index >= 15 is 0 Å². The lowest BCUT2D eigenvalue weighted by atomic mass is 9.87. The first-order chi connectivity index (χ1) is 6.84. The molecule has 88 valence electrons. The number of primary amides is 1. The number of carbonyl (C=O) groups excluding carboxylic acids is 1. The molecule has 2 N–H and O–H groups in total. The smallest absolute Gasteiger partial charge is 0.219 e. The van der Waals surface area contributed by atoms with Gasteiger partial charge < -0.3 is 5.73 Å². The van der Waals surface area contributed by atoms with E-state index < -0.39 is 0 Å². The molecule has 1 amide bonds. The third kappa shape index (κ3) is 2.94. The van der Waals surface area contributed by atoms with E-state index in [0.29, 0.717) is 18.5 Å². The lowest BCUT2D eigenvalue weighted by Crippen LogP contribution is -2.56. The fraction of sp³-hybridized carbons (Fsp3) is 0.917. The lowest BCUT2D eigenvalue weighted by molar-refractivity contribution is -0.121. The summed E-state index contributed by atoms with van der Waals surface area (Å²) in [5, 5.41) is 0. The van der Waals surface area contributed by atoms with Crippen LogP contribution in [-0.4, -0.2) is 28.4 Å². The Labute approximate surface area is 93.0 Å². The van der Waals surface area contributed by atoms with Crippen molar-refractivity contribution in [1.82, 2.24) is 4.90 Å². The first kappa shape index (κ1) is 12.5. The van der Waals surface area contributed by atoms with Crippen LogP contribution in [0.15, 0.2) is 0 Å². The van der Waals surface area contributed by atoms with Crippen LogP contribution in [0.2, 0.25) is 0 Å². The Kier molecular flexibility index (Phi) is 3.77. The van der Waals surface area contributed by atoms with Crippen molar-refractivity contribution in [3.05, 3.63) is 0 Å². The highest BCUT2D eigenvalue weighted by Gasteiger charge is 2.37. The van der Waals surface area contributed by atoms with Gasteiger partial charge in [-0.05, 0) is 40.5 Å². The number of amides is 1. The Bertz CT molecular complexity index is 228. The van der Waals surface area contributed by atoms with Crippen LogP contribution in [0.1, 0.15) is 53.4 Å². The third-order valence-corrected chi connectivity index (χ3v) is 3.50. The predicted octanol–water partition coefficient (Wildman–Crippen LogP) is 1.90. The summed E-state index contributed by atoms with van der Waals surface area (Å²) in [7, 11) is 0. The van der Waals surface area contributed by atoms with Crippen LogP contribution in [0, 0.1) is 0 Å². The minimum atomic E-state index is -0.204. The molecule has 0 aromatic rings. The molecule has 0 aromatic carbocycles. The van der Waals surface area contributed by atoms with Crippen molar-refractivity contribution < 1.29 is 4.79 Å². The van der Waals surface area contributed by atoms with E-state index in [2.05, 4.69) is 32.6 Å². The molecule has 1 heterocycles. The van der Waals surface area contributed by atoms with Gasteiger partial charge >= 0.3 is 0 Å². The van der Waals surface area contributed by atoms with Crippen molar-refractivity contribution in [1.29, 1.82) is 0 Å². The first-order valence-electron chi connectivity index (χ1n) is 5.91. The molecule has 1 aliphatic heterocycles. The Balaban J connectivity index is 2.77. The molecule has 1 aliphatic rings. The van der Waals surface area contributed by atoms with Gasteiger partial charge in [0.05, 0.1) is 0 Å². The number of likely N-dealkylation sites (tertiary alicyclic amines) is 1. The second-order valence-electron chi connectivity index (χ2n) is 5.49. The van der Waals surface area contributed by atoms with Crippen LogP contribution < -0.4 is 5.73 Å².